The Morgan fingerprint density at radius 2 is 1.90 bits per heavy atom. The van der Waals surface area contributed by atoms with Crippen LogP contribution in [0.3, 0.4) is 0 Å². The van der Waals surface area contributed by atoms with Gasteiger partial charge in [0, 0.05) is 6.54 Å². The van der Waals surface area contributed by atoms with Gasteiger partial charge in [0.25, 0.3) is 5.91 Å². The van der Waals surface area contributed by atoms with E-state index in [-0.39, 0.29) is 11.3 Å². The molecule has 21 heavy (non-hydrogen) atoms. The van der Waals surface area contributed by atoms with Crippen LogP contribution in [0.25, 0.3) is 0 Å². The van der Waals surface area contributed by atoms with Gasteiger partial charge in [-0.25, -0.2) is 13.2 Å². The molecule has 0 radical (unpaired) electrons. The zero-order chi connectivity index (χ0) is 16.0. The Hall–Kier alpha value is -2.09. The Balaban J connectivity index is 2.90. The summed E-state index contributed by atoms with van der Waals surface area (Å²) >= 11 is 0. The average molecular weight is 314 g/mol. The molecule has 0 heterocycles. The van der Waals surface area contributed by atoms with E-state index in [1.807, 2.05) is 0 Å². The van der Waals surface area contributed by atoms with Crippen LogP contribution in [0.1, 0.15) is 24.2 Å². The van der Waals surface area contributed by atoms with E-state index in [1.165, 1.54) is 19.1 Å². The molecule has 0 spiro atoms. The standard InChI is InChI=1S/C13H18N2O5S/c1-4-14-12(16)9(2)20-13(17)10-7-5-6-8-11(10)15-21(3,18)19/h5-9,15H,4H2,1-3H3,(H,14,16)/t9-/m1/s1. The second-order valence-corrected chi connectivity index (χ2v) is 6.11. The molecule has 1 aromatic carbocycles. The van der Waals surface area contributed by atoms with E-state index in [0.29, 0.717) is 6.54 Å². The van der Waals surface area contributed by atoms with Gasteiger partial charge in [0.1, 0.15) is 0 Å². The molecule has 1 atom stereocenters. The molecule has 1 rings (SSSR count). The number of sulfonamides is 1. The van der Waals surface area contributed by atoms with Crippen LogP contribution >= 0.6 is 0 Å². The minimum atomic E-state index is -3.52. The topological polar surface area (TPSA) is 102 Å². The van der Waals surface area contributed by atoms with Crippen LogP contribution in [0.15, 0.2) is 24.3 Å². The highest BCUT2D eigenvalue weighted by molar-refractivity contribution is 7.92. The van der Waals surface area contributed by atoms with E-state index < -0.39 is 28.0 Å². The molecule has 1 aromatic rings. The molecule has 2 N–H and O–H groups in total. The predicted octanol–water partition coefficient (Wildman–Crippen LogP) is 0.740. The normalized spacial score (nSPS) is 12.3. The molecule has 0 bridgehead atoms. The van der Waals surface area contributed by atoms with Crippen molar-refractivity contribution in [2.45, 2.75) is 20.0 Å². The van der Waals surface area contributed by atoms with Gasteiger partial charge in [-0.05, 0) is 26.0 Å². The first kappa shape index (κ1) is 17.0. The zero-order valence-corrected chi connectivity index (χ0v) is 12.9. The summed E-state index contributed by atoms with van der Waals surface area (Å²) in [5.41, 5.74) is 0.146. The number of carbonyl (C=O) groups is 2. The van der Waals surface area contributed by atoms with Crippen molar-refractivity contribution < 1.29 is 22.7 Å². The minimum absolute atomic E-state index is 0.0408. The molecular weight excluding hydrogens is 296 g/mol. The smallest absolute Gasteiger partial charge is 0.341 e. The summed E-state index contributed by atoms with van der Waals surface area (Å²) in [5, 5.41) is 2.53. The number of hydrogen-bond acceptors (Lipinski definition) is 5. The number of esters is 1. The Morgan fingerprint density at radius 1 is 1.29 bits per heavy atom. The number of benzene rings is 1. The fraction of sp³-hybridized carbons (Fsp3) is 0.385. The highest BCUT2D eigenvalue weighted by Crippen LogP contribution is 2.18. The molecule has 0 aromatic heterocycles. The molecule has 0 saturated carbocycles. The summed E-state index contributed by atoms with van der Waals surface area (Å²) in [4.78, 5) is 23.6. The van der Waals surface area contributed by atoms with Crippen LogP contribution in [0.4, 0.5) is 5.69 Å². The monoisotopic (exact) mass is 314 g/mol. The van der Waals surface area contributed by atoms with Crippen LogP contribution in [-0.2, 0) is 19.6 Å². The molecule has 0 aliphatic heterocycles. The third kappa shape index (κ3) is 5.42. The van der Waals surface area contributed by atoms with Crippen molar-refractivity contribution in [1.82, 2.24) is 5.32 Å². The maximum atomic E-state index is 12.0. The van der Waals surface area contributed by atoms with E-state index in [2.05, 4.69) is 10.0 Å². The number of para-hydroxylation sites is 1. The lowest BCUT2D eigenvalue weighted by Gasteiger charge is -2.14. The maximum absolute atomic E-state index is 12.0. The van der Waals surface area contributed by atoms with Gasteiger partial charge in [0.2, 0.25) is 10.0 Å². The summed E-state index contributed by atoms with van der Waals surface area (Å²) in [5.74, 6) is -1.19. The Morgan fingerprint density at radius 3 is 2.48 bits per heavy atom. The summed E-state index contributed by atoms with van der Waals surface area (Å²) < 4.78 is 29.8. The molecular formula is C13H18N2O5S. The molecule has 1 amide bonds. The number of carbonyl (C=O) groups excluding carboxylic acids is 2. The molecule has 116 valence electrons. The van der Waals surface area contributed by atoms with Crippen molar-refractivity contribution in [2.24, 2.45) is 0 Å². The van der Waals surface area contributed by atoms with Crippen molar-refractivity contribution >= 4 is 27.6 Å². The van der Waals surface area contributed by atoms with Gasteiger partial charge in [-0.15, -0.1) is 0 Å². The van der Waals surface area contributed by atoms with Crippen molar-refractivity contribution in [3.05, 3.63) is 29.8 Å². The molecule has 0 unspecified atom stereocenters. The summed E-state index contributed by atoms with van der Waals surface area (Å²) in [7, 11) is -3.52. The van der Waals surface area contributed by atoms with Crippen LogP contribution in [0, 0.1) is 0 Å². The van der Waals surface area contributed by atoms with Crippen molar-refractivity contribution in [3.63, 3.8) is 0 Å². The highest BCUT2D eigenvalue weighted by atomic mass is 32.2. The average Bonchev–Trinajstić information content (AvgIpc) is 2.37. The fourth-order valence-electron chi connectivity index (χ4n) is 1.55. The van der Waals surface area contributed by atoms with Crippen LogP contribution < -0.4 is 10.0 Å². The van der Waals surface area contributed by atoms with Gasteiger partial charge in [-0.3, -0.25) is 9.52 Å². The lowest BCUT2D eigenvalue weighted by atomic mass is 10.2. The zero-order valence-electron chi connectivity index (χ0n) is 12.0. The van der Waals surface area contributed by atoms with Gasteiger partial charge in [-0.2, -0.15) is 0 Å². The third-order valence-corrected chi connectivity index (χ3v) is 3.04. The van der Waals surface area contributed by atoms with Gasteiger partial charge >= 0.3 is 5.97 Å². The van der Waals surface area contributed by atoms with Crippen molar-refractivity contribution in [1.29, 1.82) is 0 Å². The lowest BCUT2D eigenvalue weighted by molar-refractivity contribution is -0.128. The number of ether oxygens (including phenoxy) is 1. The molecule has 0 saturated heterocycles. The number of likely N-dealkylation sites (N-methyl/N-ethyl adjacent to an activating group) is 1. The van der Waals surface area contributed by atoms with E-state index in [4.69, 9.17) is 4.74 Å². The number of rotatable bonds is 6. The second-order valence-electron chi connectivity index (χ2n) is 4.36. The van der Waals surface area contributed by atoms with Gasteiger partial charge in [0.15, 0.2) is 6.10 Å². The molecule has 0 fully saturated rings. The Labute approximate surface area is 123 Å². The predicted molar refractivity (Wildman–Crippen MR) is 78.5 cm³/mol. The summed E-state index contributed by atoms with van der Waals surface area (Å²) in [6.45, 7) is 3.61. The van der Waals surface area contributed by atoms with Gasteiger partial charge in [-0.1, -0.05) is 12.1 Å². The number of amides is 1. The fourth-order valence-corrected chi connectivity index (χ4v) is 2.12. The van der Waals surface area contributed by atoms with Crippen LogP contribution in [0.5, 0.6) is 0 Å². The number of anilines is 1. The summed E-state index contributed by atoms with van der Waals surface area (Å²) in [6, 6.07) is 6.01. The first-order valence-corrected chi connectivity index (χ1v) is 8.19. The number of hydrogen-bond donors (Lipinski definition) is 2. The van der Waals surface area contributed by atoms with Crippen LogP contribution in [0.2, 0.25) is 0 Å². The van der Waals surface area contributed by atoms with Gasteiger partial charge < -0.3 is 10.1 Å². The van der Waals surface area contributed by atoms with E-state index in [9.17, 15) is 18.0 Å². The first-order chi connectivity index (χ1) is 9.74. The van der Waals surface area contributed by atoms with Crippen molar-refractivity contribution in [2.75, 3.05) is 17.5 Å². The van der Waals surface area contributed by atoms with Gasteiger partial charge in [0.05, 0.1) is 17.5 Å². The van der Waals surface area contributed by atoms with Crippen LogP contribution in [-0.4, -0.2) is 39.2 Å². The lowest BCUT2D eigenvalue weighted by Crippen LogP contribution is -2.35. The van der Waals surface area contributed by atoms with E-state index >= 15 is 0 Å². The Bertz CT molecular complexity index is 627. The first-order valence-electron chi connectivity index (χ1n) is 6.30. The van der Waals surface area contributed by atoms with Crippen molar-refractivity contribution in [3.8, 4) is 0 Å². The minimum Gasteiger partial charge on any atom is -0.449 e. The molecule has 8 heteroatoms. The highest BCUT2D eigenvalue weighted by Gasteiger charge is 2.21. The second kappa shape index (κ2) is 7.07. The third-order valence-electron chi connectivity index (χ3n) is 2.45. The quantitative estimate of drug-likeness (QED) is 0.754. The largest absolute Gasteiger partial charge is 0.449 e. The van der Waals surface area contributed by atoms with E-state index in [0.717, 1.165) is 6.26 Å². The Kier molecular flexibility index (Phi) is 5.71. The maximum Gasteiger partial charge on any atom is 0.341 e. The number of nitrogens with one attached hydrogen (secondary N) is 2. The SMILES string of the molecule is CCNC(=O)[C@@H](C)OC(=O)c1ccccc1NS(C)(=O)=O. The molecule has 0 aliphatic rings. The molecule has 0 aliphatic carbocycles. The molecule has 7 nitrogen and oxygen atoms in total. The summed E-state index contributed by atoms with van der Waals surface area (Å²) in [6.07, 6.45) is 0.00984. The van der Waals surface area contributed by atoms with E-state index in [1.54, 1.807) is 19.1 Å².